The fourth-order valence-corrected chi connectivity index (χ4v) is 1.21. The van der Waals surface area contributed by atoms with Crippen molar-refractivity contribution in [1.82, 2.24) is 0 Å². The van der Waals surface area contributed by atoms with E-state index in [1.807, 2.05) is 12.5 Å². The Kier molecular flexibility index (Phi) is 1.50. The molecular formula is C10H9F+2. The number of hydrogen-bond donors (Lipinski definition) is 0. The Hall–Kier alpha value is -1.11. The third-order valence-electron chi connectivity index (χ3n) is 2.03. The van der Waals surface area contributed by atoms with Crippen LogP contribution in [0.5, 0.6) is 0 Å². The first-order valence-corrected chi connectivity index (χ1v) is 3.78. The second-order valence-corrected chi connectivity index (χ2v) is 2.81. The molecule has 1 heteroatoms. The maximum absolute atomic E-state index is 12.5. The van der Waals surface area contributed by atoms with Gasteiger partial charge in [0.2, 0.25) is 5.83 Å². The van der Waals surface area contributed by atoms with Crippen LogP contribution in [0.25, 0.3) is 0 Å². The van der Waals surface area contributed by atoms with Crippen LogP contribution >= 0.6 is 0 Å². The standard InChI is InChI=1S/C10H9F/c11-10-6-4-9(5-7-10)8-2-1-3-8/h1,4-7H,2-3H2/q+2. The number of hydrogen-bond acceptors (Lipinski definition) is 0. The number of halogens is 1. The highest BCUT2D eigenvalue weighted by Gasteiger charge is 2.28. The van der Waals surface area contributed by atoms with Gasteiger partial charge in [0.1, 0.15) is 30.4 Å². The van der Waals surface area contributed by atoms with E-state index < -0.39 is 0 Å². The van der Waals surface area contributed by atoms with E-state index in [4.69, 9.17) is 0 Å². The second-order valence-electron chi connectivity index (χ2n) is 2.81. The molecule has 1 saturated carbocycles. The summed E-state index contributed by atoms with van der Waals surface area (Å²) in [6, 6.07) is 0. The lowest BCUT2D eigenvalue weighted by Gasteiger charge is -2.06. The minimum atomic E-state index is -0.155. The molecule has 0 N–H and O–H groups in total. The van der Waals surface area contributed by atoms with Crippen molar-refractivity contribution in [3.05, 3.63) is 48.0 Å². The summed E-state index contributed by atoms with van der Waals surface area (Å²) >= 11 is 0. The zero-order valence-electron chi connectivity index (χ0n) is 6.18. The van der Waals surface area contributed by atoms with Gasteiger partial charge < -0.3 is 0 Å². The van der Waals surface area contributed by atoms with Gasteiger partial charge >= 0.3 is 0 Å². The van der Waals surface area contributed by atoms with E-state index in [1.165, 1.54) is 23.3 Å². The van der Waals surface area contributed by atoms with Crippen LogP contribution in [0.3, 0.4) is 0 Å². The minimum Gasteiger partial charge on any atom is -0.147 e. The fraction of sp³-hybridized carbons (Fsp3) is 0.200. The predicted octanol–water partition coefficient (Wildman–Crippen LogP) is 2.91. The van der Waals surface area contributed by atoms with Gasteiger partial charge in [-0.3, -0.25) is 0 Å². The monoisotopic (exact) mass is 148 g/mol. The second kappa shape index (κ2) is 2.50. The van der Waals surface area contributed by atoms with Crippen molar-refractivity contribution in [2.45, 2.75) is 12.8 Å². The SMILES string of the molecule is FC1=C[CH+]C(=C2C[CH+]C2)C=C1. The van der Waals surface area contributed by atoms with Crippen LogP contribution in [0.1, 0.15) is 12.8 Å². The Bertz CT molecular complexity index is 250. The average molecular weight is 148 g/mol. The third-order valence-corrected chi connectivity index (χ3v) is 2.03. The molecule has 0 spiro atoms. The summed E-state index contributed by atoms with van der Waals surface area (Å²) in [4.78, 5) is 0. The van der Waals surface area contributed by atoms with Gasteiger partial charge in [0, 0.05) is 12.5 Å². The quantitative estimate of drug-likeness (QED) is 0.463. The Morgan fingerprint density at radius 1 is 1.27 bits per heavy atom. The van der Waals surface area contributed by atoms with Crippen molar-refractivity contribution in [3.8, 4) is 0 Å². The molecule has 0 amide bonds. The van der Waals surface area contributed by atoms with Crippen molar-refractivity contribution in [2.75, 3.05) is 0 Å². The van der Waals surface area contributed by atoms with Crippen LogP contribution in [0, 0.1) is 12.8 Å². The van der Waals surface area contributed by atoms with Gasteiger partial charge in [-0.1, -0.05) is 0 Å². The van der Waals surface area contributed by atoms with Crippen LogP contribution < -0.4 is 0 Å². The van der Waals surface area contributed by atoms with Crippen molar-refractivity contribution >= 4 is 0 Å². The zero-order valence-corrected chi connectivity index (χ0v) is 6.18. The van der Waals surface area contributed by atoms with Crippen molar-refractivity contribution in [3.63, 3.8) is 0 Å². The Labute approximate surface area is 66.1 Å². The van der Waals surface area contributed by atoms with Gasteiger partial charge in [-0.15, -0.1) is 4.39 Å². The van der Waals surface area contributed by atoms with E-state index in [0.717, 1.165) is 12.8 Å². The van der Waals surface area contributed by atoms with E-state index in [1.54, 1.807) is 0 Å². The van der Waals surface area contributed by atoms with E-state index >= 15 is 0 Å². The Morgan fingerprint density at radius 2 is 2.09 bits per heavy atom. The first kappa shape index (κ1) is 6.59. The maximum atomic E-state index is 12.5. The van der Waals surface area contributed by atoms with E-state index in [0.29, 0.717) is 0 Å². The van der Waals surface area contributed by atoms with Crippen LogP contribution in [0.15, 0.2) is 35.2 Å². The summed E-state index contributed by atoms with van der Waals surface area (Å²) in [5.41, 5.74) is 2.61. The molecule has 0 aromatic rings. The molecule has 54 valence electrons. The van der Waals surface area contributed by atoms with Crippen LogP contribution in [0.4, 0.5) is 4.39 Å². The smallest absolute Gasteiger partial charge is 0.147 e. The first-order chi connectivity index (χ1) is 5.36. The molecule has 0 saturated heterocycles. The molecular weight excluding hydrogens is 139 g/mol. The molecule has 0 nitrogen and oxygen atoms in total. The molecule has 0 radical (unpaired) electrons. The van der Waals surface area contributed by atoms with Crippen molar-refractivity contribution in [1.29, 1.82) is 0 Å². The van der Waals surface area contributed by atoms with Gasteiger partial charge in [-0.2, -0.15) is 0 Å². The lowest BCUT2D eigenvalue weighted by molar-refractivity contribution is 0.663. The largest absolute Gasteiger partial charge is 0.204 e. The molecule has 0 unspecified atom stereocenters. The molecule has 1 fully saturated rings. The van der Waals surface area contributed by atoms with Crippen LogP contribution in [-0.4, -0.2) is 0 Å². The highest BCUT2D eigenvalue weighted by Crippen LogP contribution is 2.31. The summed E-state index contributed by atoms with van der Waals surface area (Å²) < 4.78 is 12.5. The fourth-order valence-electron chi connectivity index (χ4n) is 1.21. The lowest BCUT2D eigenvalue weighted by Crippen LogP contribution is -2.02. The van der Waals surface area contributed by atoms with Crippen LogP contribution in [-0.2, 0) is 0 Å². The molecule has 0 bridgehead atoms. The first-order valence-electron chi connectivity index (χ1n) is 3.78. The molecule has 0 heterocycles. The zero-order chi connectivity index (χ0) is 7.68. The molecule has 0 aliphatic heterocycles. The Balaban J connectivity index is 2.16. The maximum Gasteiger partial charge on any atom is 0.204 e. The summed E-state index contributed by atoms with van der Waals surface area (Å²) in [5.74, 6) is -0.155. The topological polar surface area (TPSA) is 0 Å². The number of allylic oxidation sites excluding steroid dienone is 6. The number of rotatable bonds is 0. The molecule has 2 aliphatic carbocycles. The predicted molar refractivity (Wildman–Crippen MR) is 43.2 cm³/mol. The third kappa shape index (κ3) is 1.18. The van der Waals surface area contributed by atoms with Crippen LogP contribution in [0.2, 0.25) is 0 Å². The minimum absolute atomic E-state index is 0.155. The van der Waals surface area contributed by atoms with Crippen molar-refractivity contribution in [2.24, 2.45) is 0 Å². The molecule has 11 heavy (non-hydrogen) atoms. The Morgan fingerprint density at radius 3 is 2.55 bits per heavy atom. The molecule has 0 atom stereocenters. The average Bonchev–Trinajstić information content (AvgIpc) is 1.90. The van der Waals surface area contributed by atoms with Gasteiger partial charge in [0.15, 0.2) is 0 Å². The highest BCUT2D eigenvalue weighted by atomic mass is 19.1. The van der Waals surface area contributed by atoms with Gasteiger partial charge in [-0.05, 0) is 0 Å². The molecule has 0 aromatic heterocycles. The van der Waals surface area contributed by atoms with E-state index in [-0.39, 0.29) is 5.83 Å². The summed E-state index contributed by atoms with van der Waals surface area (Å²) in [6.07, 6.45) is 11.1. The highest BCUT2D eigenvalue weighted by molar-refractivity contribution is 5.46. The van der Waals surface area contributed by atoms with Gasteiger partial charge in [0.05, 0.1) is 12.2 Å². The summed E-state index contributed by atoms with van der Waals surface area (Å²) in [6.45, 7) is 0. The summed E-state index contributed by atoms with van der Waals surface area (Å²) in [7, 11) is 0. The van der Waals surface area contributed by atoms with E-state index in [2.05, 4.69) is 6.42 Å². The van der Waals surface area contributed by atoms with Gasteiger partial charge in [0.25, 0.3) is 0 Å². The van der Waals surface area contributed by atoms with Crippen molar-refractivity contribution < 1.29 is 4.39 Å². The van der Waals surface area contributed by atoms with E-state index in [9.17, 15) is 4.39 Å². The lowest BCUT2D eigenvalue weighted by atomic mass is 9.85. The molecule has 2 aliphatic rings. The molecule has 0 aromatic carbocycles. The molecule has 2 rings (SSSR count). The van der Waals surface area contributed by atoms with Gasteiger partial charge in [-0.25, -0.2) is 0 Å². The summed E-state index contributed by atoms with van der Waals surface area (Å²) in [5, 5.41) is 0. The normalized spacial score (nSPS) is 21.7.